The number of carbonyl (C=O) groups is 1. The molecule has 0 radical (unpaired) electrons. The Hall–Kier alpha value is -2.06. The van der Waals surface area contributed by atoms with Crippen LogP contribution in [0.25, 0.3) is 15.9 Å². The summed E-state index contributed by atoms with van der Waals surface area (Å²) < 4.78 is 7.29. The molecule has 1 aliphatic carbocycles. The molecule has 5 rings (SSSR count). The van der Waals surface area contributed by atoms with E-state index >= 15 is 0 Å². The highest BCUT2D eigenvalue weighted by Gasteiger charge is 2.26. The second-order valence-electron chi connectivity index (χ2n) is 7.71. The van der Waals surface area contributed by atoms with Crippen molar-refractivity contribution in [2.45, 2.75) is 52.1 Å². The number of hydrogen-bond acceptors (Lipinski definition) is 6. The molecule has 1 fully saturated rings. The van der Waals surface area contributed by atoms with E-state index < -0.39 is 0 Å². The number of fused-ring (bicyclic) bond motifs is 5. The Morgan fingerprint density at radius 1 is 1.37 bits per heavy atom. The summed E-state index contributed by atoms with van der Waals surface area (Å²) in [6.07, 6.45) is 5.51. The van der Waals surface area contributed by atoms with Gasteiger partial charge in [0.25, 0.3) is 5.91 Å². The monoisotopic (exact) mass is 385 g/mol. The fraction of sp³-hybridized carbons (Fsp3) is 0.579. The highest BCUT2D eigenvalue weighted by atomic mass is 32.1. The normalized spacial score (nSPS) is 22.4. The Labute approximate surface area is 161 Å². The average Bonchev–Trinajstić information content (AvgIpc) is 3.37. The number of carbonyl (C=O) groups excluding carboxylic acids is 1. The summed E-state index contributed by atoms with van der Waals surface area (Å²) >= 11 is 1.77. The summed E-state index contributed by atoms with van der Waals surface area (Å²) in [7, 11) is 0. The van der Waals surface area contributed by atoms with Gasteiger partial charge in [0.1, 0.15) is 10.7 Å². The van der Waals surface area contributed by atoms with Crippen molar-refractivity contribution in [1.29, 1.82) is 0 Å². The van der Waals surface area contributed by atoms with E-state index in [9.17, 15) is 4.79 Å². The third-order valence-electron chi connectivity index (χ3n) is 5.61. The van der Waals surface area contributed by atoms with Crippen molar-refractivity contribution >= 4 is 33.1 Å². The Kier molecular flexibility index (Phi) is 4.12. The Bertz CT molecular complexity index is 1030. The molecule has 3 aromatic heterocycles. The smallest absolute Gasteiger partial charge is 0.291 e. The van der Waals surface area contributed by atoms with E-state index in [-0.39, 0.29) is 17.8 Å². The Balaban J connectivity index is 1.54. The van der Waals surface area contributed by atoms with Crippen LogP contribution in [-0.4, -0.2) is 44.7 Å². The van der Waals surface area contributed by atoms with Gasteiger partial charge in [0.15, 0.2) is 5.65 Å². The maximum atomic E-state index is 12.6. The van der Waals surface area contributed by atoms with E-state index in [0.717, 1.165) is 54.0 Å². The van der Waals surface area contributed by atoms with Gasteiger partial charge >= 0.3 is 0 Å². The molecule has 27 heavy (non-hydrogen) atoms. The molecular weight excluding hydrogens is 362 g/mol. The van der Waals surface area contributed by atoms with Crippen LogP contribution < -0.4 is 5.32 Å². The number of nitrogens with zero attached hydrogens (tertiary/aromatic N) is 4. The molecule has 1 amide bonds. The van der Waals surface area contributed by atoms with Crippen molar-refractivity contribution in [2.75, 3.05) is 13.2 Å². The predicted molar refractivity (Wildman–Crippen MR) is 103 cm³/mol. The minimum Gasteiger partial charge on any atom is -0.376 e. The third-order valence-corrected chi connectivity index (χ3v) is 6.79. The molecule has 0 saturated carbocycles. The number of nitrogens with one attached hydrogen (secondary N) is 1. The van der Waals surface area contributed by atoms with E-state index in [1.807, 2.05) is 6.92 Å². The maximum absolute atomic E-state index is 12.6. The lowest BCUT2D eigenvalue weighted by Crippen LogP contribution is -2.32. The van der Waals surface area contributed by atoms with Gasteiger partial charge in [0, 0.05) is 18.0 Å². The molecule has 1 N–H and O–H groups in total. The first-order chi connectivity index (χ1) is 13.1. The number of amides is 1. The molecule has 2 aliphatic rings. The second-order valence-corrected chi connectivity index (χ2v) is 8.79. The molecule has 8 heteroatoms. The number of thiophene rings is 1. The van der Waals surface area contributed by atoms with Crippen molar-refractivity contribution in [3.8, 4) is 0 Å². The first-order valence-corrected chi connectivity index (χ1v) is 10.5. The summed E-state index contributed by atoms with van der Waals surface area (Å²) in [5.41, 5.74) is 2.11. The number of ether oxygens (including phenoxy) is 1. The van der Waals surface area contributed by atoms with Crippen molar-refractivity contribution < 1.29 is 9.53 Å². The quantitative estimate of drug-likeness (QED) is 0.750. The molecule has 3 aromatic rings. The van der Waals surface area contributed by atoms with E-state index in [1.165, 1.54) is 16.9 Å². The molecule has 0 spiro atoms. The van der Waals surface area contributed by atoms with Gasteiger partial charge in [-0.1, -0.05) is 6.92 Å². The van der Waals surface area contributed by atoms with E-state index in [2.05, 4.69) is 22.3 Å². The SMILES string of the molecule is Cc1nc2sc3c(c2c2nc(C(=O)NC[C@@H]4CCCO4)nn12)C[C@@H](C)CC3. The van der Waals surface area contributed by atoms with E-state index in [0.29, 0.717) is 12.5 Å². The standard InChI is InChI=1S/C19H23N5O2S/c1-10-5-6-14-13(8-10)15-17-22-16(18(25)20-9-12-4-3-7-26-12)23-24(17)11(2)21-19(15)27-14/h10,12H,3-9H2,1-2H3,(H,20,25)/t10-,12-/m0/s1. The lowest BCUT2D eigenvalue weighted by Gasteiger charge is -2.17. The van der Waals surface area contributed by atoms with Crippen LogP contribution in [-0.2, 0) is 17.6 Å². The number of rotatable bonds is 3. The lowest BCUT2D eigenvalue weighted by molar-refractivity contribution is 0.0849. The number of hydrogen-bond donors (Lipinski definition) is 1. The Morgan fingerprint density at radius 2 is 2.26 bits per heavy atom. The zero-order valence-electron chi connectivity index (χ0n) is 15.6. The first kappa shape index (κ1) is 17.1. The minimum absolute atomic E-state index is 0.103. The van der Waals surface area contributed by atoms with Crippen LogP contribution in [0.15, 0.2) is 0 Å². The van der Waals surface area contributed by atoms with Gasteiger partial charge in [-0.15, -0.1) is 16.4 Å². The number of aromatic nitrogens is 4. The summed E-state index contributed by atoms with van der Waals surface area (Å²) in [5.74, 6) is 1.37. The van der Waals surface area contributed by atoms with E-state index in [4.69, 9.17) is 9.72 Å². The van der Waals surface area contributed by atoms with Crippen LogP contribution in [0.5, 0.6) is 0 Å². The van der Waals surface area contributed by atoms with Gasteiger partial charge in [-0.25, -0.2) is 9.97 Å². The molecule has 1 aliphatic heterocycles. The summed E-state index contributed by atoms with van der Waals surface area (Å²) in [4.78, 5) is 24.4. The highest BCUT2D eigenvalue weighted by Crippen LogP contribution is 2.38. The lowest BCUT2D eigenvalue weighted by atomic mass is 9.89. The van der Waals surface area contributed by atoms with Crippen LogP contribution in [0, 0.1) is 12.8 Å². The van der Waals surface area contributed by atoms with Crippen LogP contribution in [0.2, 0.25) is 0 Å². The Morgan fingerprint density at radius 3 is 3.07 bits per heavy atom. The third kappa shape index (κ3) is 2.91. The highest BCUT2D eigenvalue weighted by molar-refractivity contribution is 7.19. The molecule has 2 atom stereocenters. The molecule has 0 unspecified atom stereocenters. The average molecular weight is 385 g/mol. The summed E-state index contributed by atoms with van der Waals surface area (Å²) in [5, 5.41) is 8.44. The van der Waals surface area contributed by atoms with Gasteiger partial charge in [0.05, 0.1) is 11.5 Å². The van der Waals surface area contributed by atoms with Crippen molar-refractivity contribution in [1.82, 2.24) is 24.9 Å². The molecule has 7 nitrogen and oxygen atoms in total. The van der Waals surface area contributed by atoms with Gasteiger partial charge in [-0.2, -0.15) is 4.52 Å². The van der Waals surface area contributed by atoms with Crippen LogP contribution in [0.3, 0.4) is 0 Å². The van der Waals surface area contributed by atoms with Crippen molar-refractivity contribution in [3.05, 3.63) is 22.1 Å². The topological polar surface area (TPSA) is 81.4 Å². The maximum Gasteiger partial charge on any atom is 0.291 e. The minimum atomic E-state index is -0.251. The largest absolute Gasteiger partial charge is 0.376 e. The molecule has 0 aromatic carbocycles. The fourth-order valence-electron chi connectivity index (χ4n) is 4.13. The van der Waals surface area contributed by atoms with E-state index in [1.54, 1.807) is 15.9 Å². The predicted octanol–water partition coefficient (Wildman–Crippen LogP) is 2.68. The van der Waals surface area contributed by atoms with Crippen molar-refractivity contribution in [2.24, 2.45) is 5.92 Å². The van der Waals surface area contributed by atoms with Crippen LogP contribution in [0.4, 0.5) is 0 Å². The zero-order chi connectivity index (χ0) is 18.5. The summed E-state index contributed by atoms with van der Waals surface area (Å²) in [6.45, 7) is 5.49. The van der Waals surface area contributed by atoms with Gasteiger partial charge in [0.2, 0.25) is 5.82 Å². The summed E-state index contributed by atoms with van der Waals surface area (Å²) in [6, 6.07) is 0. The first-order valence-electron chi connectivity index (χ1n) is 9.67. The molecule has 1 saturated heterocycles. The van der Waals surface area contributed by atoms with Gasteiger partial charge < -0.3 is 10.1 Å². The number of aryl methyl sites for hydroxylation is 2. The van der Waals surface area contributed by atoms with Crippen LogP contribution >= 0.6 is 11.3 Å². The van der Waals surface area contributed by atoms with Crippen LogP contribution in [0.1, 0.15) is 53.1 Å². The molecule has 4 heterocycles. The zero-order valence-corrected chi connectivity index (χ0v) is 16.4. The van der Waals surface area contributed by atoms with Crippen molar-refractivity contribution in [3.63, 3.8) is 0 Å². The second kappa shape index (κ2) is 6.53. The van der Waals surface area contributed by atoms with Gasteiger partial charge in [-0.05, 0) is 50.5 Å². The molecular formula is C19H23N5O2S. The molecule has 0 bridgehead atoms. The molecule has 142 valence electrons. The van der Waals surface area contributed by atoms with Gasteiger partial charge in [-0.3, -0.25) is 4.79 Å². The fourth-order valence-corrected chi connectivity index (χ4v) is 5.39.